The third-order valence-electron chi connectivity index (χ3n) is 4.85. The van der Waals surface area contributed by atoms with Crippen LogP contribution in [0.2, 0.25) is 0 Å². The predicted octanol–water partition coefficient (Wildman–Crippen LogP) is 1.78. The summed E-state index contributed by atoms with van der Waals surface area (Å²) in [7, 11) is 3.47. The van der Waals surface area contributed by atoms with Crippen molar-refractivity contribution in [3.63, 3.8) is 0 Å². The quantitative estimate of drug-likeness (QED) is 0.811. The average molecular weight is 343 g/mol. The smallest absolute Gasteiger partial charge is 0.322 e. The molecule has 0 bridgehead atoms. The fourth-order valence-corrected chi connectivity index (χ4v) is 3.48. The number of hydrogen-bond acceptors (Lipinski definition) is 4. The molecule has 0 spiro atoms. The van der Waals surface area contributed by atoms with Gasteiger partial charge in [0, 0.05) is 32.4 Å². The molecule has 1 aromatic carbocycles. The highest BCUT2D eigenvalue weighted by Crippen LogP contribution is 2.31. The molecule has 0 radical (unpaired) electrons. The van der Waals surface area contributed by atoms with Gasteiger partial charge in [-0.25, -0.2) is 4.79 Å². The van der Waals surface area contributed by atoms with E-state index in [9.17, 15) is 9.59 Å². The predicted molar refractivity (Wildman–Crippen MR) is 98.0 cm³/mol. The standard InChI is InChI=1S/C18H25N5O2/c1-19-18(25)23(10-3-11-24)17-15-5-4-14(12-16(15)22(2)21-17)13-6-8-20-9-7-13/h4-5,11-13,20H,3,6-10H2,1-2H3,(H,19,25). The third kappa shape index (κ3) is 3.51. The Bertz CT molecular complexity index is 764. The van der Waals surface area contributed by atoms with Crippen LogP contribution in [0.1, 0.15) is 30.7 Å². The van der Waals surface area contributed by atoms with Crippen molar-refractivity contribution in [1.82, 2.24) is 20.4 Å². The summed E-state index contributed by atoms with van der Waals surface area (Å²) in [4.78, 5) is 24.5. The number of nitrogens with one attached hydrogen (secondary N) is 2. The molecule has 0 aliphatic carbocycles. The third-order valence-corrected chi connectivity index (χ3v) is 4.85. The molecule has 2 N–H and O–H groups in total. The Balaban J connectivity index is 1.98. The Morgan fingerprint density at radius 2 is 2.20 bits per heavy atom. The van der Waals surface area contributed by atoms with Crippen molar-refractivity contribution in [1.29, 1.82) is 0 Å². The van der Waals surface area contributed by atoms with Gasteiger partial charge in [-0.2, -0.15) is 5.10 Å². The number of aldehydes is 1. The first kappa shape index (κ1) is 17.4. The molecule has 0 unspecified atom stereocenters. The van der Waals surface area contributed by atoms with Crippen molar-refractivity contribution in [3.8, 4) is 0 Å². The van der Waals surface area contributed by atoms with Crippen molar-refractivity contribution in [2.45, 2.75) is 25.2 Å². The van der Waals surface area contributed by atoms with E-state index in [0.717, 1.165) is 43.1 Å². The Kier molecular flexibility index (Phi) is 5.33. The van der Waals surface area contributed by atoms with Gasteiger partial charge >= 0.3 is 6.03 Å². The zero-order valence-electron chi connectivity index (χ0n) is 14.8. The van der Waals surface area contributed by atoms with E-state index in [-0.39, 0.29) is 12.5 Å². The second kappa shape index (κ2) is 7.65. The van der Waals surface area contributed by atoms with Crippen molar-refractivity contribution in [3.05, 3.63) is 23.8 Å². The van der Waals surface area contributed by atoms with Crippen LogP contribution < -0.4 is 15.5 Å². The molecule has 2 heterocycles. The van der Waals surface area contributed by atoms with Gasteiger partial charge in [0.25, 0.3) is 0 Å². The zero-order chi connectivity index (χ0) is 17.8. The van der Waals surface area contributed by atoms with Crippen molar-refractivity contribution in [2.75, 3.05) is 31.6 Å². The van der Waals surface area contributed by atoms with Crippen LogP contribution in [0.3, 0.4) is 0 Å². The summed E-state index contributed by atoms with van der Waals surface area (Å²) in [6.07, 6.45) is 3.37. The van der Waals surface area contributed by atoms with Crippen molar-refractivity contribution >= 4 is 29.0 Å². The largest absolute Gasteiger partial charge is 0.341 e. The molecule has 1 saturated heterocycles. The Morgan fingerprint density at radius 1 is 1.44 bits per heavy atom. The molecular formula is C18H25N5O2. The highest BCUT2D eigenvalue weighted by molar-refractivity contribution is 6.01. The van der Waals surface area contributed by atoms with Crippen LogP contribution in [0.25, 0.3) is 10.9 Å². The molecule has 0 atom stereocenters. The summed E-state index contributed by atoms with van der Waals surface area (Å²) in [6, 6.07) is 6.12. The number of amides is 2. The first-order valence-electron chi connectivity index (χ1n) is 8.76. The maximum atomic E-state index is 12.2. The minimum Gasteiger partial charge on any atom is -0.341 e. The molecule has 1 aliphatic heterocycles. The van der Waals surface area contributed by atoms with E-state index in [1.807, 2.05) is 17.8 Å². The molecule has 3 rings (SSSR count). The second-order valence-electron chi connectivity index (χ2n) is 6.41. The number of hydrogen-bond donors (Lipinski definition) is 2. The lowest BCUT2D eigenvalue weighted by Gasteiger charge is -2.23. The van der Waals surface area contributed by atoms with E-state index < -0.39 is 0 Å². The van der Waals surface area contributed by atoms with Gasteiger partial charge in [0.15, 0.2) is 5.82 Å². The fourth-order valence-electron chi connectivity index (χ4n) is 3.48. The summed E-state index contributed by atoms with van der Waals surface area (Å²) >= 11 is 0. The van der Waals surface area contributed by atoms with Crippen molar-refractivity contribution < 1.29 is 9.59 Å². The summed E-state index contributed by atoms with van der Waals surface area (Å²) in [5.41, 5.74) is 2.33. The molecular weight excluding hydrogens is 318 g/mol. The molecule has 2 aromatic rings. The van der Waals surface area contributed by atoms with Crippen LogP contribution in [-0.2, 0) is 11.8 Å². The van der Waals surface area contributed by atoms with Crippen molar-refractivity contribution in [2.24, 2.45) is 7.05 Å². The van der Waals surface area contributed by atoms with E-state index >= 15 is 0 Å². The fraction of sp³-hybridized carbons (Fsp3) is 0.500. The average Bonchev–Trinajstić information content (AvgIpc) is 2.98. The highest BCUT2D eigenvalue weighted by Gasteiger charge is 2.22. The number of rotatable bonds is 5. The molecule has 1 fully saturated rings. The number of urea groups is 1. The van der Waals surface area contributed by atoms with E-state index in [0.29, 0.717) is 18.3 Å². The Morgan fingerprint density at radius 3 is 2.88 bits per heavy atom. The summed E-state index contributed by atoms with van der Waals surface area (Å²) < 4.78 is 1.81. The number of benzene rings is 1. The van der Waals surface area contributed by atoms with Gasteiger partial charge in [0.05, 0.1) is 5.52 Å². The molecule has 134 valence electrons. The maximum Gasteiger partial charge on any atom is 0.322 e. The van der Waals surface area contributed by atoms with Crippen LogP contribution in [0.15, 0.2) is 18.2 Å². The Hall–Kier alpha value is -2.41. The first-order valence-corrected chi connectivity index (χ1v) is 8.76. The minimum atomic E-state index is -0.260. The van der Waals surface area contributed by atoms with E-state index in [4.69, 9.17) is 0 Å². The molecule has 0 saturated carbocycles. The number of nitrogens with zero attached hydrogens (tertiary/aromatic N) is 3. The SMILES string of the molecule is CNC(=O)N(CCC=O)c1nn(C)c2cc(C3CCNCC3)ccc12. The molecule has 7 nitrogen and oxygen atoms in total. The number of piperidine rings is 1. The molecule has 7 heteroatoms. The maximum absolute atomic E-state index is 12.2. The minimum absolute atomic E-state index is 0.260. The van der Waals surface area contributed by atoms with Gasteiger partial charge in [0.1, 0.15) is 6.29 Å². The number of carbonyl (C=O) groups is 2. The number of carbonyl (C=O) groups excluding carboxylic acids is 2. The summed E-state index contributed by atoms with van der Waals surface area (Å²) in [6.45, 7) is 2.41. The number of aromatic nitrogens is 2. The topological polar surface area (TPSA) is 79.3 Å². The molecule has 25 heavy (non-hydrogen) atoms. The van der Waals surface area contributed by atoms with E-state index in [2.05, 4.69) is 27.9 Å². The number of fused-ring (bicyclic) bond motifs is 1. The molecule has 2 amide bonds. The monoisotopic (exact) mass is 343 g/mol. The highest BCUT2D eigenvalue weighted by atomic mass is 16.2. The first-order chi connectivity index (χ1) is 12.2. The van der Waals surface area contributed by atoms with Gasteiger partial charge in [-0.3, -0.25) is 9.58 Å². The lowest BCUT2D eigenvalue weighted by molar-refractivity contribution is -0.107. The van der Waals surface area contributed by atoms with Gasteiger partial charge in [-0.15, -0.1) is 0 Å². The van der Waals surface area contributed by atoms with Gasteiger partial charge < -0.3 is 15.4 Å². The number of anilines is 1. The summed E-state index contributed by atoms with van der Waals surface area (Å²) in [5, 5.41) is 11.5. The lowest BCUT2D eigenvalue weighted by atomic mass is 9.90. The number of aryl methyl sites for hydroxylation is 1. The molecule has 1 aliphatic rings. The van der Waals surface area contributed by atoms with Gasteiger partial charge in [-0.05, 0) is 49.5 Å². The second-order valence-corrected chi connectivity index (χ2v) is 6.41. The molecule has 1 aromatic heterocycles. The lowest BCUT2D eigenvalue weighted by Crippen LogP contribution is -2.39. The van der Waals surface area contributed by atoms with Crippen LogP contribution in [0.4, 0.5) is 10.6 Å². The van der Waals surface area contributed by atoms with Crippen LogP contribution in [-0.4, -0.2) is 48.8 Å². The Labute approximate surface area is 147 Å². The van der Waals surface area contributed by atoms with Gasteiger partial charge in [-0.1, -0.05) is 6.07 Å². The van der Waals surface area contributed by atoms with E-state index in [1.165, 1.54) is 10.5 Å². The van der Waals surface area contributed by atoms with Crippen LogP contribution in [0.5, 0.6) is 0 Å². The zero-order valence-corrected chi connectivity index (χ0v) is 14.8. The van der Waals surface area contributed by atoms with E-state index in [1.54, 1.807) is 7.05 Å². The van der Waals surface area contributed by atoms with Crippen LogP contribution in [0, 0.1) is 0 Å². The summed E-state index contributed by atoms with van der Waals surface area (Å²) in [5.74, 6) is 1.16. The van der Waals surface area contributed by atoms with Gasteiger partial charge in [0.2, 0.25) is 0 Å². The van der Waals surface area contributed by atoms with Crippen LogP contribution >= 0.6 is 0 Å². The normalized spacial score (nSPS) is 15.3.